The van der Waals surface area contributed by atoms with Gasteiger partial charge in [-0.2, -0.15) is 0 Å². The fourth-order valence-electron chi connectivity index (χ4n) is 2.67. The minimum Gasteiger partial charge on any atom is -0.488 e. The van der Waals surface area contributed by atoms with Crippen LogP contribution in [0.15, 0.2) is 24.3 Å². The summed E-state index contributed by atoms with van der Waals surface area (Å²) in [6.45, 7) is 0.362. The average molecular weight is 344 g/mol. The molecule has 22 heavy (non-hydrogen) atoms. The van der Waals surface area contributed by atoms with Crippen LogP contribution in [-0.4, -0.2) is 12.6 Å². The molecule has 1 aliphatic heterocycles. The van der Waals surface area contributed by atoms with E-state index >= 15 is 0 Å². The second-order valence-corrected chi connectivity index (χ2v) is 6.01. The molecule has 0 unspecified atom stereocenters. The largest absolute Gasteiger partial charge is 0.488 e. The summed E-state index contributed by atoms with van der Waals surface area (Å²) < 4.78 is 33.1. The number of rotatable bonds is 2. The van der Waals surface area contributed by atoms with Gasteiger partial charge < -0.3 is 10.5 Å². The van der Waals surface area contributed by atoms with Gasteiger partial charge in [0.1, 0.15) is 23.5 Å². The maximum absolute atomic E-state index is 13.9. The van der Waals surface area contributed by atoms with Crippen LogP contribution >= 0.6 is 23.2 Å². The maximum Gasteiger partial charge on any atom is 0.131 e. The predicted octanol–water partition coefficient (Wildman–Crippen LogP) is 4.59. The van der Waals surface area contributed by atoms with Gasteiger partial charge >= 0.3 is 0 Å². The van der Waals surface area contributed by atoms with Gasteiger partial charge in [0, 0.05) is 17.7 Å². The maximum atomic E-state index is 13.9. The fourth-order valence-corrected chi connectivity index (χ4v) is 3.33. The molecule has 0 bridgehead atoms. The summed E-state index contributed by atoms with van der Waals surface area (Å²) in [6.07, 6.45) is 1.23. The third-order valence-electron chi connectivity index (χ3n) is 3.69. The van der Waals surface area contributed by atoms with E-state index in [1.807, 2.05) is 0 Å². The highest BCUT2D eigenvalue weighted by Crippen LogP contribution is 2.44. The molecule has 3 rings (SSSR count). The van der Waals surface area contributed by atoms with E-state index in [1.54, 1.807) is 0 Å². The van der Waals surface area contributed by atoms with E-state index in [0.29, 0.717) is 29.8 Å². The van der Waals surface area contributed by atoms with E-state index in [2.05, 4.69) is 0 Å². The van der Waals surface area contributed by atoms with Gasteiger partial charge in [-0.1, -0.05) is 23.2 Å². The quantitative estimate of drug-likeness (QED) is 0.865. The Morgan fingerprint density at radius 1 is 1.09 bits per heavy atom. The molecular weight excluding hydrogens is 331 g/mol. The first-order valence-corrected chi connectivity index (χ1v) is 7.59. The Morgan fingerprint density at radius 3 is 2.36 bits per heavy atom. The molecular formula is C16H13Cl2F2NO. The summed E-state index contributed by atoms with van der Waals surface area (Å²) in [6, 6.07) is 5.01. The average Bonchev–Trinajstić information content (AvgIpc) is 2.45. The van der Waals surface area contributed by atoms with Gasteiger partial charge in [-0.3, -0.25) is 0 Å². The zero-order valence-corrected chi connectivity index (χ0v) is 13.0. The number of nitrogens with two attached hydrogens (primary N) is 1. The molecule has 116 valence electrons. The number of ether oxygens (including phenoxy) is 1. The van der Waals surface area contributed by atoms with E-state index in [4.69, 9.17) is 33.7 Å². The Labute approximate surface area is 136 Å². The molecule has 2 aromatic carbocycles. The highest BCUT2D eigenvalue weighted by atomic mass is 35.5. The fraction of sp³-hybridized carbons (Fsp3) is 0.250. The number of hydrogen-bond donors (Lipinski definition) is 1. The van der Waals surface area contributed by atoms with Crippen LogP contribution in [0.3, 0.4) is 0 Å². The number of fused-ring (bicyclic) bond motifs is 1. The molecule has 6 heteroatoms. The van der Waals surface area contributed by atoms with Crippen LogP contribution in [0.1, 0.15) is 12.0 Å². The lowest BCUT2D eigenvalue weighted by Crippen LogP contribution is -2.30. The topological polar surface area (TPSA) is 35.2 Å². The third kappa shape index (κ3) is 2.78. The van der Waals surface area contributed by atoms with Crippen molar-refractivity contribution in [1.29, 1.82) is 0 Å². The molecule has 1 heterocycles. The molecule has 0 aliphatic carbocycles. The lowest BCUT2D eigenvalue weighted by molar-refractivity contribution is 0.182. The lowest BCUT2D eigenvalue weighted by atomic mass is 9.95. The summed E-state index contributed by atoms with van der Waals surface area (Å²) >= 11 is 12.2. The Hall–Kier alpha value is -1.36. The minimum atomic E-state index is -0.551. The van der Waals surface area contributed by atoms with Crippen molar-refractivity contribution < 1.29 is 13.5 Å². The van der Waals surface area contributed by atoms with Gasteiger partial charge in [-0.15, -0.1) is 0 Å². The van der Waals surface area contributed by atoms with Crippen molar-refractivity contribution in [1.82, 2.24) is 0 Å². The van der Waals surface area contributed by atoms with Gasteiger partial charge in [0.15, 0.2) is 0 Å². The van der Waals surface area contributed by atoms with Crippen molar-refractivity contribution in [3.8, 4) is 16.9 Å². The molecule has 1 atom stereocenters. The molecule has 0 fully saturated rings. The number of benzene rings is 2. The summed E-state index contributed by atoms with van der Waals surface area (Å²) in [5.74, 6) is -0.455. The summed E-state index contributed by atoms with van der Waals surface area (Å²) in [5.41, 5.74) is 7.17. The molecule has 0 spiro atoms. The zero-order chi connectivity index (χ0) is 15.9. The van der Waals surface area contributed by atoms with Crippen LogP contribution in [0.5, 0.6) is 5.75 Å². The van der Waals surface area contributed by atoms with E-state index in [9.17, 15) is 8.78 Å². The van der Waals surface area contributed by atoms with Gasteiger partial charge in [-0.25, -0.2) is 8.78 Å². The molecule has 1 aliphatic rings. The first-order valence-electron chi connectivity index (χ1n) is 6.83. The second kappa shape index (κ2) is 6.03. The van der Waals surface area contributed by atoms with Crippen LogP contribution in [0.2, 0.25) is 10.0 Å². The van der Waals surface area contributed by atoms with Crippen molar-refractivity contribution in [3.05, 3.63) is 51.5 Å². The van der Waals surface area contributed by atoms with E-state index < -0.39 is 11.6 Å². The molecule has 2 nitrogen and oxygen atoms in total. The van der Waals surface area contributed by atoms with Crippen molar-refractivity contribution in [2.24, 2.45) is 5.73 Å². The van der Waals surface area contributed by atoms with Crippen LogP contribution in [0, 0.1) is 11.6 Å². The third-order valence-corrected chi connectivity index (χ3v) is 4.29. The molecule has 0 amide bonds. The molecule has 0 radical (unpaired) electrons. The predicted molar refractivity (Wildman–Crippen MR) is 83.6 cm³/mol. The number of hydrogen-bond acceptors (Lipinski definition) is 2. The normalized spacial score (nSPS) is 17.0. The van der Waals surface area contributed by atoms with Crippen LogP contribution in [0.4, 0.5) is 8.78 Å². The van der Waals surface area contributed by atoms with Gasteiger partial charge in [-0.05, 0) is 42.7 Å². The Kier molecular flexibility index (Phi) is 4.26. The van der Waals surface area contributed by atoms with Gasteiger partial charge in [0.2, 0.25) is 0 Å². The second-order valence-electron chi connectivity index (χ2n) is 5.20. The summed E-state index contributed by atoms with van der Waals surface area (Å²) in [5, 5.41) is 0.215. The Balaban J connectivity index is 2.22. The van der Waals surface area contributed by atoms with Crippen LogP contribution in [-0.2, 0) is 6.42 Å². The summed E-state index contributed by atoms with van der Waals surface area (Å²) in [4.78, 5) is 0. The lowest BCUT2D eigenvalue weighted by Gasteiger charge is -2.27. The van der Waals surface area contributed by atoms with E-state index in [-0.39, 0.29) is 16.1 Å². The summed E-state index contributed by atoms with van der Waals surface area (Å²) in [7, 11) is 0. The van der Waals surface area contributed by atoms with Crippen molar-refractivity contribution >= 4 is 23.2 Å². The minimum absolute atomic E-state index is 0.108. The molecule has 0 saturated heterocycles. The molecule has 2 N–H and O–H groups in total. The standard InChI is InChI=1S/C16H13Cl2F2NO/c17-13-5-10(20)6-14(18)15(13)12-4-9(19)3-8-1-2-11(7-21)22-16(8)12/h3-6,11H,1-2,7,21H2/t11-/m1/s1. The zero-order valence-electron chi connectivity index (χ0n) is 11.5. The molecule has 0 saturated carbocycles. The van der Waals surface area contributed by atoms with Gasteiger partial charge in [0.25, 0.3) is 0 Å². The van der Waals surface area contributed by atoms with Crippen molar-refractivity contribution in [3.63, 3.8) is 0 Å². The van der Waals surface area contributed by atoms with Crippen LogP contribution in [0.25, 0.3) is 11.1 Å². The molecule has 2 aromatic rings. The Bertz CT molecular complexity index is 713. The van der Waals surface area contributed by atoms with E-state index in [0.717, 1.165) is 24.1 Å². The van der Waals surface area contributed by atoms with Crippen molar-refractivity contribution in [2.45, 2.75) is 18.9 Å². The Morgan fingerprint density at radius 2 is 1.73 bits per heavy atom. The van der Waals surface area contributed by atoms with E-state index in [1.165, 1.54) is 12.1 Å². The smallest absolute Gasteiger partial charge is 0.131 e. The highest BCUT2D eigenvalue weighted by molar-refractivity contribution is 6.39. The highest BCUT2D eigenvalue weighted by Gasteiger charge is 2.25. The van der Waals surface area contributed by atoms with Crippen LogP contribution < -0.4 is 10.5 Å². The monoisotopic (exact) mass is 343 g/mol. The van der Waals surface area contributed by atoms with Crippen molar-refractivity contribution in [2.75, 3.05) is 6.54 Å². The first kappa shape index (κ1) is 15.5. The number of halogens is 4. The number of aryl methyl sites for hydroxylation is 1. The SMILES string of the molecule is NC[C@H]1CCc2cc(F)cc(-c3c(Cl)cc(F)cc3Cl)c2O1. The molecule has 0 aromatic heterocycles. The first-order chi connectivity index (χ1) is 10.5. The van der Waals surface area contributed by atoms with Gasteiger partial charge in [0.05, 0.1) is 10.0 Å².